The average Bonchev–Trinajstić information content (AvgIpc) is 2.43. The Morgan fingerprint density at radius 3 is 3.00 bits per heavy atom. The highest BCUT2D eigenvalue weighted by Gasteiger charge is 2.12. The fraction of sp³-hybridized carbons (Fsp3) is 0.500. The third-order valence-corrected chi connectivity index (χ3v) is 1.07. The lowest BCUT2D eigenvalue weighted by atomic mass is 10.5. The Bertz CT molecular complexity index is 197. The summed E-state index contributed by atoms with van der Waals surface area (Å²) >= 11 is 0. The maximum atomic E-state index is 9.86. The highest BCUT2D eigenvalue weighted by atomic mass is 16.4. The first-order valence-electron chi connectivity index (χ1n) is 2.72. The number of hydrogen-bond acceptors (Lipinski definition) is 5. The Morgan fingerprint density at radius 1 is 1.80 bits per heavy atom. The molecule has 1 rings (SSSR count). The van der Waals surface area contributed by atoms with Gasteiger partial charge in [-0.2, -0.15) is 0 Å². The largest absolute Gasteiger partial charge is 0.409 e. The van der Waals surface area contributed by atoms with Crippen LogP contribution in [0.1, 0.15) is 0 Å². The first-order valence-corrected chi connectivity index (χ1v) is 2.72. The molecule has 6 nitrogen and oxygen atoms in total. The molecule has 0 unspecified atom stereocenters. The summed E-state index contributed by atoms with van der Waals surface area (Å²) in [4.78, 5) is 13.7. The zero-order valence-electron chi connectivity index (χ0n) is 5.11. The molecule has 0 atom stereocenters. The highest BCUT2D eigenvalue weighted by molar-refractivity contribution is 6.40. The van der Waals surface area contributed by atoms with Gasteiger partial charge >= 0.3 is 0 Å². The van der Waals surface area contributed by atoms with Gasteiger partial charge in [-0.1, -0.05) is 5.16 Å². The SMILES string of the molecule is O=NC(=NO)C1=NCCN1. The van der Waals surface area contributed by atoms with E-state index in [4.69, 9.17) is 5.21 Å². The normalized spacial score (nSPS) is 18.0. The summed E-state index contributed by atoms with van der Waals surface area (Å²) in [5.74, 6) is -0.0324. The van der Waals surface area contributed by atoms with Crippen LogP contribution < -0.4 is 5.32 Å². The second-order valence-electron chi connectivity index (χ2n) is 1.67. The van der Waals surface area contributed by atoms with Gasteiger partial charge in [-0.15, -0.1) is 4.91 Å². The Hall–Kier alpha value is -1.46. The van der Waals surface area contributed by atoms with Crippen LogP contribution in [0.2, 0.25) is 0 Å². The molecule has 1 heterocycles. The highest BCUT2D eigenvalue weighted by Crippen LogP contribution is 1.89. The average molecular weight is 142 g/mol. The van der Waals surface area contributed by atoms with E-state index >= 15 is 0 Å². The van der Waals surface area contributed by atoms with E-state index in [2.05, 4.69) is 20.6 Å². The molecule has 0 aromatic heterocycles. The summed E-state index contributed by atoms with van der Waals surface area (Å²) in [7, 11) is 0. The number of oxime groups is 1. The summed E-state index contributed by atoms with van der Waals surface area (Å²) in [5.41, 5.74) is 0. The lowest BCUT2D eigenvalue weighted by molar-refractivity contribution is 0.319. The van der Waals surface area contributed by atoms with E-state index in [9.17, 15) is 4.91 Å². The second-order valence-corrected chi connectivity index (χ2v) is 1.67. The van der Waals surface area contributed by atoms with Gasteiger partial charge in [-0.25, -0.2) is 0 Å². The predicted molar refractivity (Wildman–Crippen MR) is 35.3 cm³/mol. The molecular weight excluding hydrogens is 136 g/mol. The van der Waals surface area contributed by atoms with Crippen molar-refractivity contribution in [2.45, 2.75) is 0 Å². The first kappa shape index (κ1) is 6.66. The maximum absolute atomic E-state index is 9.86. The van der Waals surface area contributed by atoms with Crippen LogP contribution in [0.15, 0.2) is 15.3 Å². The van der Waals surface area contributed by atoms with Crippen molar-refractivity contribution >= 4 is 11.7 Å². The van der Waals surface area contributed by atoms with Crippen molar-refractivity contribution in [2.75, 3.05) is 13.1 Å². The van der Waals surface area contributed by atoms with Crippen molar-refractivity contribution in [3.8, 4) is 0 Å². The minimum atomic E-state index is -0.294. The van der Waals surface area contributed by atoms with Crippen LogP contribution >= 0.6 is 0 Å². The van der Waals surface area contributed by atoms with Crippen LogP contribution in [0.25, 0.3) is 0 Å². The molecular formula is C4H6N4O2. The molecule has 6 heteroatoms. The molecule has 0 bridgehead atoms. The van der Waals surface area contributed by atoms with E-state index in [0.29, 0.717) is 13.1 Å². The van der Waals surface area contributed by atoms with Crippen molar-refractivity contribution in [3.05, 3.63) is 4.91 Å². The number of aliphatic imine (C=N–C) groups is 1. The van der Waals surface area contributed by atoms with E-state index in [0.717, 1.165) is 0 Å². The number of rotatable bonds is 1. The molecule has 2 N–H and O–H groups in total. The zero-order valence-corrected chi connectivity index (χ0v) is 5.11. The second kappa shape index (κ2) is 2.90. The van der Waals surface area contributed by atoms with Crippen LogP contribution in [0.5, 0.6) is 0 Å². The molecule has 10 heavy (non-hydrogen) atoms. The number of nitrogens with one attached hydrogen (secondary N) is 1. The smallest absolute Gasteiger partial charge is 0.275 e. The van der Waals surface area contributed by atoms with Crippen LogP contribution in [0.4, 0.5) is 0 Å². The summed E-state index contributed by atoms with van der Waals surface area (Å²) in [6.45, 7) is 1.24. The molecule has 0 amide bonds. The summed E-state index contributed by atoms with van der Waals surface area (Å²) < 4.78 is 0. The van der Waals surface area contributed by atoms with Gasteiger partial charge in [-0.05, 0) is 5.18 Å². The first-order chi connectivity index (χ1) is 4.88. The summed E-state index contributed by atoms with van der Waals surface area (Å²) in [6, 6.07) is 0. The molecule has 0 radical (unpaired) electrons. The summed E-state index contributed by atoms with van der Waals surface area (Å²) in [6.07, 6.45) is 0. The molecule has 0 aromatic rings. The van der Waals surface area contributed by atoms with E-state index < -0.39 is 0 Å². The van der Waals surface area contributed by atoms with Gasteiger partial charge in [0, 0.05) is 6.54 Å². The molecule has 0 saturated heterocycles. The molecule has 0 spiro atoms. The van der Waals surface area contributed by atoms with Gasteiger partial charge in [0.25, 0.3) is 5.84 Å². The Balaban J connectivity index is 2.71. The van der Waals surface area contributed by atoms with Crippen molar-refractivity contribution in [1.29, 1.82) is 0 Å². The summed E-state index contributed by atoms with van der Waals surface area (Å²) in [5, 5.41) is 16.0. The Morgan fingerprint density at radius 2 is 2.60 bits per heavy atom. The van der Waals surface area contributed by atoms with Gasteiger partial charge in [-0.3, -0.25) is 4.99 Å². The maximum Gasteiger partial charge on any atom is 0.275 e. The van der Waals surface area contributed by atoms with E-state index in [1.165, 1.54) is 0 Å². The standard InChI is InChI=1S/C4H6N4O2/c9-7-4(8-10)3-5-1-2-6-3/h9H,1-2H2,(H,5,6). The van der Waals surface area contributed by atoms with E-state index in [-0.39, 0.29) is 11.7 Å². The van der Waals surface area contributed by atoms with E-state index in [1.54, 1.807) is 0 Å². The number of hydrogen-bond donors (Lipinski definition) is 2. The lowest BCUT2D eigenvalue weighted by Gasteiger charge is -1.93. The Labute approximate surface area is 56.6 Å². The van der Waals surface area contributed by atoms with Crippen LogP contribution in [0.3, 0.4) is 0 Å². The third-order valence-electron chi connectivity index (χ3n) is 1.07. The van der Waals surface area contributed by atoms with Crippen LogP contribution in [-0.2, 0) is 0 Å². The molecule has 0 saturated carbocycles. The number of amidine groups is 2. The van der Waals surface area contributed by atoms with Crippen LogP contribution in [-0.4, -0.2) is 30.0 Å². The number of nitrogens with zero attached hydrogens (tertiary/aromatic N) is 3. The molecule has 0 aliphatic carbocycles. The van der Waals surface area contributed by atoms with Crippen molar-refractivity contribution in [3.63, 3.8) is 0 Å². The monoisotopic (exact) mass is 142 g/mol. The van der Waals surface area contributed by atoms with E-state index in [1.807, 2.05) is 0 Å². The minimum Gasteiger partial charge on any atom is -0.409 e. The molecule has 54 valence electrons. The molecule has 1 aliphatic heterocycles. The molecule has 1 aliphatic rings. The number of nitroso groups, excluding NO2 is 1. The zero-order chi connectivity index (χ0) is 7.40. The van der Waals surface area contributed by atoms with Crippen LogP contribution in [0, 0.1) is 4.91 Å². The fourth-order valence-corrected chi connectivity index (χ4v) is 0.657. The van der Waals surface area contributed by atoms with Gasteiger partial charge in [0.2, 0.25) is 0 Å². The van der Waals surface area contributed by atoms with Crippen molar-refractivity contribution in [1.82, 2.24) is 5.32 Å². The van der Waals surface area contributed by atoms with Gasteiger partial charge < -0.3 is 10.5 Å². The molecule has 0 fully saturated rings. The van der Waals surface area contributed by atoms with Gasteiger partial charge in [0.15, 0.2) is 5.84 Å². The third kappa shape index (κ3) is 1.09. The van der Waals surface area contributed by atoms with Gasteiger partial charge in [0.1, 0.15) is 0 Å². The van der Waals surface area contributed by atoms with Crippen molar-refractivity contribution in [2.24, 2.45) is 15.3 Å². The fourth-order valence-electron chi connectivity index (χ4n) is 0.657. The van der Waals surface area contributed by atoms with Crippen molar-refractivity contribution < 1.29 is 5.21 Å². The molecule has 0 aromatic carbocycles. The topological polar surface area (TPSA) is 86.4 Å². The minimum absolute atomic E-state index is 0.262. The van der Waals surface area contributed by atoms with Gasteiger partial charge in [0.05, 0.1) is 6.54 Å². The quantitative estimate of drug-likeness (QED) is 0.171. The predicted octanol–water partition coefficient (Wildman–Crippen LogP) is -0.458. The Kier molecular flexibility index (Phi) is 1.93. The lowest BCUT2D eigenvalue weighted by Crippen LogP contribution is -2.25.